The minimum atomic E-state index is -3.93. The highest BCUT2D eigenvalue weighted by Gasteiger charge is 2.27. The monoisotopic (exact) mass is 463 g/mol. The summed E-state index contributed by atoms with van der Waals surface area (Å²) in [5.41, 5.74) is 0.721. The lowest BCUT2D eigenvalue weighted by molar-refractivity contribution is 0.358. The Morgan fingerprint density at radius 3 is 1.90 bits per heavy atom. The predicted octanol–water partition coefficient (Wildman–Crippen LogP) is 3.10. The highest BCUT2D eigenvalue weighted by Crippen LogP contribution is 2.24. The number of hydrogen-bond donors (Lipinski definition) is 0. The number of sulfonamides is 2. The van der Waals surface area contributed by atoms with Crippen LogP contribution in [0.2, 0.25) is 0 Å². The molecule has 0 unspecified atom stereocenters. The van der Waals surface area contributed by atoms with Gasteiger partial charge >= 0.3 is 0 Å². The first-order valence-electron chi connectivity index (χ1n) is 9.80. The van der Waals surface area contributed by atoms with E-state index in [9.17, 15) is 16.8 Å². The smallest absolute Gasteiger partial charge is 0.243 e. The predicted molar refractivity (Wildman–Crippen MR) is 116 cm³/mol. The van der Waals surface area contributed by atoms with Gasteiger partial charge in [-0.3, -0.25) is 4.98 Å². The maximum absolute atomic E-state index is 13.4. The van der Waals surface area contributed by atoms with Crippen molar-refractivity contribution in [2.45, 2.75) is 36.7 Å². The quantitative estimate of drug-likeness (QED) is 0.458. The average molecular weight is 464 g/mol. The van der Waals surface area contributed by atoms with E-state index in [1.54, 1.807) is 50.5 Å². The summed E-state index contributed by atoms with van der Waals surface area (Å²) in [6.45, 7) is 4.30. The van der Waals surface area contributed by atoms with Gasteiger partial charge in [0.05, 0.1) is 22.6 Å². The Morgan fingerprint density at radius 1 is 0.806 bits per heavy atom. The SMILES string of the molecule is CCN(CC)S(=O)(=O)c1ccc(S(=O)(=O)N(Cc2cccnc2)Cc2ccco2)cc1. The third-order valence-corrected chi connectivity index (χ3v) is 8.67. The van der Waals surface area contributed by atoms with Crippen LogP contribution in [0.5, 0.6) is 0 Å². The summed E-state index contributed by atoms with van der Waals surface area (Å²) >= 11 is 0. The van der Waals surface area contributed by atoms with Crippen molar-refractivity contribution in [3.63, 3.8) is 0 Å². The summed E-state index contributed by atoms with van der Waals surface area (Å²) in [6.07, 6.45) is 4.70. The molecule has 0 saturated carbocycles. The molecule has 0 aliphatic carbocycles. The highest BCUT2D eigenvalue weighted by atomic mass is 32.2. The average Bonchev–Trinajstić information content (AvgIpc) is 3.28. The van der Waals surface area contributed by atoms with Crippen molar-refractivity contribution in [3.8, 4) is 0 Å². The van der Waals surface area contributed by atoms with E-state index in [1.165, 1.54) is 39.1 Å². The molecule has 0 aliphatic rings. The van der Waals surface area contributed by atoms with E-state index >= 15 is 0 Å². The van der Waals surface area contributed by atoms with Crippen molar-refractivity contribution in [1.82, 2.24) is 13.6 Å². The van der Waals surface area contributed by atoms with Crippen molar-refractivity contribution in [2.24, 2.45) is 0 Å². The van der Waals surface area contributed by atoms with Crippen LogP contribution >= 0.6 is 0 Å². The number of benzene rings is 1. The number of aromatic nitrogens is 1. The maximum Gasteiger partial charge on any atom is 0.243 e. The molecule has 0 bridgehead atoms. The van der Waals surface area contributed by atoms with E-state index in [-0.39, 0.29) is 22.9 Å². The van der Waals surface area contributed by atoms with Crippen LogP contribution in [0.3, 0.4) is 0 Å². The minimum absolute atomic E-state index is 0.00134. The van der Waals surface area contributed by atoms with Crippen LogP contribution in [0, 0.1) is 0 Å². The summed E-state index contributed by atoms with van der Waals surface area (Å²) < 4.78 is 60.1. The molecule has 2 aromatic heterocycles. The van der Waals surface area contributed by atoms with Crippen molar-refractivity contribution in [2.75, 3.05) is 13.1 Å². The molecule has 2 heterocycles. The van der Waals surface area contributed by atoms with Crippen LogP contribution in [0.1, 0.15) is 25.2 Å². The van der Waals surface area contributed by atoms with E-state index in [1.807, 2.05) is 0 Å². The van der Waals surface area contributed by atoms with Gasteiger partial charge in [-0.05, 0) is 48.0 Å². The number of rotatable bonds is 10. The second-order valence-electron chi connectivity index (χ2n) is 6.77. The molecule has 0 atom stereocenters. The van der Waals surface area contributed by atoms with E-state index < -0.39 is 20.0 Å². The first-order chi connectivity index (χ1) is 14.8. The second-order valence-corrected chi connectivity index (χ2v) is 10.7. The van der Waals surface area contributed by atoms with Crippen LogP contribution in [-0.4, -0.2) is 43.5 Å². The molecule has 3 aromatic rings. The molecule has 0 saturated heterocycles. The molecule has 10 heteroatoms. The summed E-state index contributed by atoms with van der Waals surface area (Å²) in [5, 5.41) is 0. The van der Waals surface area contributed by atoms with Crippen LogP contribution < -0.4 is 0 Å². The Hall–Kier alpha value is -2.53. The number of nitrogens with zero attached hydrogens (tertiary/aromatic N) is 3. The summed E-state index contributed by atoms with van der Waals surface area (Å²) in [7, 11) is -7.60. The fourth-order valence-corrected chi connectivity index (χ4v) is 6.00. The lowest BCUT2D eigenvalue weighted by Gasteiger charge is -2.22. The zero-order valence-electron chi connectivity index (χ0n) is 17.4. The van der Waals surface area contributed by atoms with Gasteiger partial charge in [0, 0.05) is 32.0 Å². The van der Waals surface area contributed by atoms with E-state index in [4.69, 9.17) is 4.42 Å². The normalized spacial score (nSPS) is 12.5. The van der Waals surface area contributed by atoms with Gasteiger partial charge in [-0.15, -0.1) is 0 Å². The van der Waals surface area contributed by atoms with Crippen LogP contribution in [0.25, 0.3) is 0 Å². The van der Waals surface area contributed by atoms with Gasteiger partial charge in [-0.25, -0.2) is 16.8 Å². The van der Waals surface area contributed by atoms with Crippen molar-refractivity contribution in [3.05, 3.63) is 78.5 Å². The molecule has 0 N–H and O–H groups in total. The molecule has 8 nitrogen and oxygen atoms in total. The van der Waals surface area contributed by atoms with E-state index in [0.29, 0.717) is 18.8 Å². The summed E-state index contributed by atoms with van der Waals surface area (Å²) in [4.78, 5) is 4.10. The molecule has 166 valence electrons. The Labute approximate surface area is 183 Å². The zero-order chi connectivity index (χ0) is 22.5. The van der Waals surface area contributed by atoms with Crippen LogP contribution in [-0.2, 0) is 33.1 Å². The number of hydrogen-bond acceptors (Lipinski definition) is 6. The first-order valence-corrected chi connectivity index (χ1v) is 12.7. The lowest BCUT2D eigenvalue weighted by Crippen LogP contribution is -2.31. The highest BCUT2D eigenvalue weighted by molar-refractivity contribution is 7.89. The van der Waals surface area contributed by atoms with Crippen molar-refractivity contribution >= 4 is 20.0 Å². The zero-order valence-corrected chi connectivity index (χ0v) is 19.0. The molecule has 0 radical (unpaired) electrons. The Bertz CT molecular complexity index is 1170. The second kappa shape index (κ2) is 9.73. The van der Waals surface area contributed by atoms with E-state index in [2.05, 4.69) is 4.98 Å². The largest absolute Gasteiger partial charge is 0.468 e. The van der Waals surface area contributed by atoms with Gasteiger partial charge in [0.25, 0.3) is 0 Å². The standard InChI is InChI=1S/C21H25N3O5S2/c1-3-23(4-2)30(25,26)20-9-11-21(12-10-20)31(27,28)24(17-19-8-6-14-29-19)16-18-7-5-13-22-15-18/h5-15H,3-4,16-17H2,1-2H3. The lowest BCUT2D eigenvalue weighted by atomic mass is 10.3. The molecular formula is C21H25N3O5S2. The number of furan rings is 1. The van der Waals surface area contributed by atoms with Crippen LogP contribution in [0.15, 0.2) is 81.4 Å². The molecule has 1 aromatic carbocycles. The maximum atomic E-state index is 13.4. The molecule has 3 rings (SSSR count). The Balaban J connectivity index is 1.93. The Kier molecular flexibility index (Phi) is 7.26. The van der Waals surface area contributed by atoms with Crippen LogP contribution in [0.4, 0.5) is 0 Å². The summed E-state index contributed by atoms with van der Waals surface area (Å²) in [5.74, 6) is 0.494. The van der Waals surface area contributed by atoms with Gasteiger partial charge in [-0.1, -0.05) is 19.9 Å². The van der Waals surface area contributed by atoms with Crippen molar-refractivity contribution in [1.29, 1.82) is 0 Å². The van der Waals surface area contributed by atoms with Gasteiger partial charge in [0.1, 0.15) is 5.76 Å². The third-order valence-electron chi connectivity index (χ3n) is 4.80. The molecule has 0 aliphatic heterocycles. The van der Waals surface area contributed by atoms with E-state index in [0.717, 1.165) is 5.56 Å². The topological polar surface area (TPSA) is 101 Å². The Morgan fingerprint density at radius 2 is 1.42 bits per heavy atom. The number of pyridine rings is 1. The van der Waals surface area contributed by atoms with Gasteiger partial charge < -0.3 is 4.42 Å². The first kappa shape index (κ1) is 23.1. The van der Waals surface area contributed by atoms with Gasteiger partial charge in [0.2, 0.25) is 20.0 Å². The molecule has 31 heavy (non-hydrogen) atoms. The molecular weight excluding hydrogens is 438 g/mol. The summed E-state index contributed by atoms with van der Waals surface area (Å²) in [6, 6.07) is 12.2. The molecule has 0 fully saturated rings. The van der Waals surface area contributed by atoms with Crippen molar-refractivity contribution < 1.29 is 21.3 Å². The van der Waals surface area contributed by atoms with Gasteiger partial charge in [0.15, 0.2) is 0 Å². The molecule has 0 spiro atoms. The van der Waals surface area contributed by atoms with Gasteiger partial charge in [-0.2, -0.15) is 8.61 Å². The third kappa shape index (κ3) is 5.21. The fraction of sp³-hybridized carbons (Fsp3) is 0.286. The fourth-order valence-electron chi connectivity index (χ4n) is 3.14. The minimum Gasteiger partial charge on any atom is -0.468 e. The molecule has 0 amide bonds.